The molecule has 0 bridgehead atoms. The van der Waals surface area contributed by atoms with Crippen LogP contribution in [0.5, 0.6) is 0 Å². The van der Waals surface area contributed by atoms with Crippen LogP contribution in [0.25, 0.3) is 0 Å². The highest BCUT2D eigenvalue weighted by Gasteiger charge is 2.40. The molecule has 1 nitrogen and oxygen atoms in total. The number of aliphatic hydroxyl groups excluding tert-OH is 1. The summed E-state index contributed by atoms with van der Waals surface area (Å²) in [5.74, 6) is -8.19. The fourth-order valence-electron chi connectivity index (χ4n) is 0.726. The van der Waals surface area contributed by atoms with Crippen LogP contribution in [-0.4, -0.2) is 17.4 Å². The van der Waals surface area contributed by atoms with Gasteiger partial charge in [-0.15, -0.1) is 0 Å². The third-order valence-electron chi connectivity index (χ3n) is 1.39. The van der Waals surface area contributed by atoms with Gasteiger partial charge in [-0.3, -0.25) is 0 Å². The van der Waals surface area contributed by atoms with Crippen LogP contribution in [0.4, 0.5) is 22.0 Å². The summed E-state index contributed by atoms with van der Waals surface area (Å²) in [6.45, 7) is 0. The molecule has 0 aliphatic heterocycles. The number of rotatable bonds is 0. The summed E-state index contributed by atoms with van der Waals surface area (Å²) in [5.41, 5.74) is 0. The van der Waals surface area contributed by atoms with Crippen molar-refractivity contribution in [3.8, 4) is 0 Å². The molecule has 6 heteroatoms. The lowest BCUT2D eigenvalue weighted by Crippen LogP contribution is -2.25. The molecular formula is C6H3F5O. The van der Waals surface area contributed by atoms with Crippen molar-refractivity contribution in [2.24, 2.45) is 0 Å². The van der Waals surface area contributed by atoms with E-state index in [-0.39, 0.29) is 0 Å². The van der Waals surface area contributed by atoms with Gasteiger partial charge >= 0.3 is 0 Å². The van der Waals surface area contributed by atoms with Crippen molar-refractivity contribution in [2.45, 2.75) is 12.3 Å². The lowest BCUT2D eigenvalue weighted by molar-refractivity contribution is 0.134. The first kappa shape index (κ1) is 9.02. The summed E-state index contributed by atoms with van der Waals surface area (Å²) >= 11 is 0. The van der Waals surface area contributed by atoms with E-state index in [0.29, 0.717) is 0 Å². The minimum atomic E-state index is -2.97. The van der Waals surface area contributed by atoms with E-state index in [4.69, 9.17) is 5.11 Å². The van der Waals surface area contributed by atoms with E-state index in [1.165, 1.54) is 0 Å². The van der Waals surface area contributed by atoms with Gasteiger partial charge in [0, 0.05) is 0 Å². The monoisotopic (exact) mass is 186 g/mol. The Morgan fingerprint density at radius 2 is 1.42 bits per heavy atom. The Labute approximate surface area is 63.8 Å². The average molecular weight is 186 g/mol. The molecule has 0 fully saturated rings. The Bertz CT molecular complexity index is 241. The summed E-state index contributed by atoms with van der Waals surface area (Å²) in [6.07, 6.45) is -5.84. The van der Waals surface area contributed by atoms with Crippen LogP contribution in [0.15, 0.2) is 23.2 Å². The number of hydrogen-bond acceptors (Lipinski definition) is 1. The molecule has 1 aliphatic carbocycles. The highest BCUT2D eigenvalue weighted by Crippen LogP contribution is 2.35. The maximum atomic E-state index is 12.3. The molecule has 0 spiro atoms. The molecule has 1 aliphatic rings. The predicted molar refractivity (Wildman–Crippen MR) is 29.8 cm³/mol. The topological polar surface area (TPSA) is 20.2 Å². The van der Waals surface area contributed by atoms with Crippen molar-refractivity contribution >= 4 is 0 Å². The number of halogens is 5. The standard InChI is InChI=1S/C6H3F5O/c7-1-2(8)4(10)6(12)5(11)3(1)9/h2,4,12H. The van der Waals surface area contributed by atoms with Crippen LogP contribution in [-0.2, 0) is 0 Å². The molecule has 0 aromatic carbocycles. The predicted octanol–water partition coefficient (Wildman–Crippen LogP) is 2.57. The second kappa shape index (κ2) is 2.76. The molecule has 0 saturated carbocycles. The zero-order valence-electron chi connectivity index (χ0n) is 5.49. The van der Waals surface area contributed by atoms with Crippen molar-refractivity contribution in [3.05, 3.63) is 23.2 Å². The summed E-state index contributed by atoms with van der Waals surface area (Å²) in [7, 11) is 0. The second-order valence-electron chi connectivity index (χ2n) is 2.16. The minimum Gasteiger partial charge on any atom is -0.506 e. The van der Waals surface area contributed by atoms with Crippen molar-refractivity contribution in [1.29, 1.82) is 0 Å². The zero-order valence-corrected chi connectivity index (χ0v) is 5.49. The zero-order chi connectivity index (χ0) is 9.46. The molecule has 1 rings (SSSR count). The first-order valence-electron chi connectivity index (χ1n) is 2.89. The molecule has 2 atom stereocenters. The number of aliphatic hydroxyl groups is 1. The molecule has 0 heterocycles. The van der Waals surface area contributed by atoms with E-state index in [0.717, 1.165) is 0 Å². The van der Waals surface area contributed by atoms with Crippen molar-refractivity contribution in [1.82, 2.24) is 0 Å². The molecule has 0 aromatic heterocycles. The second-order valence-corrected chi connectivity index (χ2v) is 2.16. The molecule has 2 unspecified atom stereocenters. The van der Waals surface area contributed by atoms with E-state index in [9.17, 15) is 22.0 Å². The van der Waals surface area contributed by atoms with Crippen LogP contribution in [0.1, 0.15) is 0 Å². The van der Waals surface area contributed by atoms with Crippen LogP contribution < -0.4 is 0 Å². The van der Waals surface area contributed by atoms with Gasteiger partial charge in [0.1, 0.15) is 0 Å². The third-order valence-corrected chi connectivity index (χ3v) is 1.39. The van der Waals surface area contributed by atoms with E-state index in [2.05, 4.69) is 0 Å². The molecule has 0 aromatic rings. The average Bonchev–Trinajstić information content (AvgIpc) is 2.08. The summed E-state index contributed by atoms with van der Waals surface area (Å²) in [5, 5.41) is 8.35. The van der Waals surface area contributed by atoms with E-state index >= 15 is 0 Å². The van der Waals surface area contributed by atoms with E-state index < -0.39 is 35.6 Å². The van der Waals surface area contributed by atoms with Gasteiger partial charge in [-0.25, -0.2) is 17.6 Å². The molecule has 12 heavy (non-hydrogen) atoms. The number of allylic oxidation sites excluding steroid dienone is 4. The van der Waals surface area contributed by atoms with Crippen molar-refractivity contribution < 1.29 is 27.1 Å². The van der Waals surface area contributed by atoms with Gasteiger partial charge in [0.25, 0.3) is 0 Å². The van der Waals surface area contributed by atoms with Crippen LogP contribution in [0, 0.1) is 0 Å². The Hall–Kier alpha value is -1.07. The maximum absolute atomic E-state index is 12.3. The molecule has 0 radical (unpaired) electrons. The lowest BCUT2D eigenvalue weighted by atomic mass is 10.1. The van der Waals surface area contributed by atoms with Gasteiger partial charge in [-0.1, -0.05) is 0 Å². The highest BCUT2D eigenvalue weighted by atomic mass is 19.2. The fraction of sp³-hybridized carbons (Fsp3) is 0.333. The molecule has 68 valence electrons. The SMILES string of the molecule is OC1=C(F)C(F)=C(F)C(F)C1F. The van der Waals surface area contributed by atoms with E-state index in [1.54, 1.807) is 0 Å². The first-order valence-corrected chi connectivity index (χ1v) is 2.89. The van der Waals surface area contributed by atoms with Gasteiger partial charge in [0.15, 0.2) is 29.8 Å². The summed E-state index contributed by atoms with van der Waals surface area (Å²) in [4.78, 5) is 0. The van der Waals surface area contributed by atoms with Crippen LogP contribution >= 0.6 is 0 Å². The van der Waals surface area contributed by atoms with Gasteiger partial charge in [0.05, 0.1) is 0 Å². The van der Waals surface area contributed by atoms with Crippen LogP contribution in [0.2, 0.25) is 0 Å². The number of alkyl halides is 2. The number of hydrogen-bond donors (Lipinski definition) is 1. The first-order chi connectivity index (χ1) is 5.46. The molecular weight excluding hydrogens is 183 g/mol. The van der Waals surface area contributed by atoms with Gasteiger partial charge in [-0.2, -0.15) is 4.39 Å². The molecule has 0 saturated heterocycles. The molecule has 1 N–H and O–H groups in total. The largest absolute Gasteiger partial charge is 0.506 e. The smallest absolute Gasteiger partial charge is 0.202 e. The fourth-order valence-corrected chi connectivity index (χ4v) is 0.726. The Kier molecular flexibility index (Phi) is 2.08. The van der Waals surface area contributed by atoms with E-state index in [1.807, 2.05) is 0 Å². The van der Waals surface area contributed by atoms with Crippen molar-refractivity contribution in [3.63, 3.8) is 0 Å². The highest BCUT2D eigenvalue weighted by molar-refractivity contribution is 5.34. The Morgan fingerprint density at radius 1 is 0.917 bits per heavy atom. The quantitative estimate of drug-likeness (QED) is 0.576. The molecule has 0 amide bonds. The third kappa shape index (κ3) is 1.07. The maximum Gasteiger partial charge on any atom is 0.202 e. The van der Waals surface area contributed by atoms with Crippen LogP contribution in [0.3, 0.4) is 0 Å². The Balaban J connectivity index is 3.18. The Morgan fingerprint density at radius 3 is 1.92 bits per heavy atom. The normalized spacial score (nSPS) is 31.4. The summed E-state index contributed by atoms with van der Waals surface area (Å²) in [6, 6.07) is 0. The van der Waals surface area contributed by atoms with Gasteiger partial charge in [0.2, 0.25) is 5.83 Å². The van der Waals surface area contributed by atoms with Crippen molar-refractivity contribution in [2.75, 3.05) is 0 Å². The lowest BCUT2D eigenvalue weighted by Gasteiger charge is -2.16. The van der Waals surface area contributed by atoms with Gasteiger partial charge in [-0.05, 0) is 0 Å². The minimum absolute atomic E-state index is 1.75. The summed E-state index contributed by atoms with van der Waals surface area (Å²) < 4.78 is 61.0. The van der Waals surface area contributed by atoms with Gasteiger partial charge < -0.3 is 5.11 Å².